The number of methoxy groups -OCH3 is 1. The first-order chi connectivity index (χ1) is 15.4. The summed E-state index contributed by atoms with van der Waals surface area (Å²) >= 11 is 5.79. The number of carbonyl (C=O) groups is 1. The summed E-state index contributed by atoms with van der Waals surface area (Å²) in [6, 6.07) is 14.2. The topological polar surface area (TPSA) is 125 Å². The van der Waals surface area contributed by atoms with Crippen LogP contribution in [0.3, 0.4) is 0 Å². The molecule has 0 atom stereocenters. The number of pyridine rings is 1. The van der Waals surface area contributed by atoms with E-state index in [2.05, 4.69) is 15.5 Å². The number of hydrogen-bond acceptors (Lipinski definition) is 8. The number of nitrogens with one attached hydrogen (secondary N) is 1. The van der Waals surface area contributed by atoms with Gasteiger partial charge in [0.2, 0.25) is 5.88 Å². The molecule has 1 aromatic heterocycles. The van der Waals surface area contributed by atoms with E-state index in [1.54, 1.807) is 42.5 Å². The summed E-state index contributed by atoms with van der Waals surface area (Å²) in [7, 11) is 1.46. The molecule has 0 saturated heterocycles. The minimum Gasteiger partial charge on any atom is -0.493 e. The van der Waals surface area contributed by atoms with Crippen LogP contribution < -0.4 is 19.6 Å². The number of benzene rings is 2. The monoisotopic (exact) mass is 456 g/mol. The maximum absolute atomic E-state index is 11.9. The second-order valence-electron chi connectivity index (χ2n) is 6.16. The van der Waals surface area contributed by atoms with Crippen molar-refractivity contribution in [1.82, 2.24) is 10.4 Å². The Kier molecular flexibility index (Phi) is 7.55. The number of hydrogen-bond donors (Lipinski definition) is 1. The third kappa shape index (κ3) is 6.41. The summed E-state index contributed by atoms with van der Waals surface area (Å²) in [5.74, 6) is 0.977. The molecule has 2 aromatic carbocycles. The van der Waals surface area contributed by atoms with Gasteiger partial charge in [-0.15, -0.1) is 0 Å². The van der Waals surface area contributed by atoms with E-state index < -0.39 is 10.8 Å². The molecule has 1 N–H and O–H groups in total. The van der Waals surface area contributed by atoms with E-state index in [0.29, 0.717) is 27.8 Å². The lowest BCUT2D eigenvalue weighted by molar-refractivity contribution is -0.385. The third-order valence-corrected chi connectivity index (χ3v) is 4.17. The van der Waals surface area contributed by atoms with Crippen LogP contribution in [0.25, 0.3) is 0 Å². The van der Waals surface area contributed by atoms with Gasteiger partial charge in [-0.05, 0) is 48.0 Å². The van der Waals surface area contributed by atoms with Gasteiger partial charge in [-0.3, -0.25) is 14.9 Å². The Balaban J connectivity index is 1.56. The Morgan fingerprint density at radius 1 is 1.19 bits per heavy atom. The number of nitro groups is 1. The molecule has 0 bridgehead atoms. The van der Waals surface area contributed by atoms with Crippen molar-refractivity contribution in [3.05, 3.63) is 81.5 Å². The number of carbonyl (C=O) groups excluding carboxylic acids is 1. The number of halogens is 1. The summed E-state index contributed by atoms with van der Waals surface area (Å²) in [5.41, 5.74) is 2.85. The molecule has 0 unspecified atom stereocenters. The zero-order chi connectivity index (χ0) is 22.9. The van der Waals surface area contributed by atoms with E-state index in [0.717, 1.165) is 6.20 Å². The highest BCUT2D eigenvalue weighted by Crippen LogP contribution is 2.31. The molecule has 0 radical (unpaired) electrons. The van der Waals surface area contributed by atoms with Crippen LogP contribution in [0.2, 0.25) is 5.02 Å². The van der Waals surface area contributed by atoms with E-state index in [-0.39, 0.29) is 18.2 Å². The minimum atomic E-state index is -0.548. The van der Waals surface area contributed by atoms with Gasteiger partial charge in [0, 0.05) is 17.2 Å². The van der Waals surface area contributed by atoms with Gasteiger partial charge in [-0.2, -0.15) is 5.10 Å². The second-order valence-corrected chi connectivity index (χ2v) is 6.60. The first kappa shape index (κ1) is 22.5. The van der Waals surface area contributed by atoms with Crippen molar-refractivity contribution in [2.24, 2.45) is 5.10 Å². The number of rotatable bonds is 9. The maximum atomic E-state index is 11.9. The molecule has 0 aliphatic carbocycles. The fourth-order valence-corrected chi connectivity index (χ4v) is 2.52. The Bertz CT molecular complexity index is 1120. The number of ether oxygens (including phenoxy) is 3. The third-order valence-electron chi connectivity index (χ3n) is 3.92. The maximum Gasteiger partial charge on any atom is 0.287 e. The van der Waals surface area contributed by atoms with E-state index in [9.17, 15) is 14.9 Å². The van der Waals surface area contributed by atoms with Crippen molar-refractivity contribution in [2.75, 3.05) is 13.7 Å². The highest BCUT2D eigenvalue weighted by atomic mass is 35.5. The van der Waals surface area contributed by atoms with Crippen LogP contribution in [0.1, 0.15) is 5.56 Å². The van der Waals surface area contributed by atoms with Crippen LogP contribution in [-0.4, -0.2) is 35.7 Å². The molecule has 3 aromatic rings. The number of aromatic nitrogens is 1. The molecule has 1 amide bonds. The summed E-state index contributed by atoms with van der Waals surface area (Å²) < 4.78 is 16.3. The average Bonchev–Trinajstić information content (AvgIpc) is 2.80. The lowest BCUT2D eigenvalue weighted by atomic mass is 10.2. The molecule has 0 saturated carbocycles. The van der Waals surface area contributed by atoms with Gasteiger partial charge in [0.05, 0.1) is 18.2 Å². The second kappa shape index (κ2) is 10.7. The van der Waals surface area contributed by atoms with Crippen LogP contribution in [0, 0.1) is 10.1 Å². The predicted octanol–water partition coefficient (Wildman–Crippen LogP) is 3.97. The van der Waals surface area contributed by atoms with Crippen LogP contribution >= 0.6 is 11.6 Å². The zero-order valence-corrected chi connectivity index (χ0v) is 17.5. The quantitative estimate of drug-likeness (QED) is 0.293. The molecule has 0 aliphatic rings. The number of nitrogens with zero attached hydrogens (tertiary/aromatic N) is 3. The van der Waals surface area contributed by atoms with Crippen LogP contribution in [0.15, 0.2) is 65.9 Å². The van der Waals surface area contributed by atoms with Crippen molar-refractivity contribution >= 4 is 29.4 Å². The summed E-state index contributed by atoms with van der Waals surface area (Å²) in [4.78, 5) is 25.9. The van der Waals surface area contributed by atoms with E-state index in [1.807, 2.05) is 0 Å². The molecule has 0 fully saturated rings. The van der Waals surface area contributed by atoms with E-state index >= 15 is 0 Å². The fourth-order valence-electron chi connectivity index (χ4n) is 2.39. The van der Waals surface area contributed by atoms with E-state index in [1.165, 1.54) is 25.5 Å². The van der Waals surface area contributed by atoms with Gasteiger partial charge in [-0.1, -0.05) is 11.6 Å². The van der Waals surface area contributed by atoms with Gasteiger partial charge >= 0.3 is 0 Å². The summed E-state index contributed by atoms with van der Waals surface area (Å²) in [5, 5.41) is 15.2. The molecule has 0 spiro atoms. The fraction of sp³-hybridized carbons (Fsp3) is 0.0952. The lowest BCUT2D eigenvalue weighted by Crippen LogP contribution is -2.24. The van der Waals surface area contributed by atoms with Gasteiger partial charge in [0.1, 0.15) is 11.9 Å². The van der Waals surface area contributed by atoms with Gasteiger partial charge < -0.3 is 14.2 Å². The van der Waals surface area contributed by atoms with Gasteiger partial charge in [0.15, 0.2) is 18.1 Å². The molecule has 0 aliphatic heterocycles. The highest BCUT2D eigenvalue weighted by molar-refractivity contribution is 6.30. The molecular formula is C21H17ClN4O6. The van der Waals surface area contributed by atoms with Crippen molar-refractivity contribution in [2.45, 2.75) is 0 Å². The Morgan fingerprint density at radius 2 is 1.97 bits per heavy atom. The summed E-state index contributed by atoms with van der Waals surface area (Å²) in [6.45, 7) is -0.211. The average molecular weight is 457 g/mol. The molecule has 164 valence electrons. The first-order valence-electron chi connectivity index (χ1n) is 9.11. The van der Waals surface area contributed by atoms with Crippen molar-refractivity contribution < 1.29 is 23.9 Å². The molecule has 11 heteroatoms. The Labute approximate surface area is 187 Å². The highest BCUT2D eigenvalue weighted by Gasteiger charge is 2.10. The largest absolute Gasteiger partial charge is 0.493 e. The lowest BCUT2D eigenvalue weighted by Gasteiger charge is -2.10. The Hall–Kier alpha value is -4.18. The van der Waals surface area contributed by atoms with Crippen LogP contribution in [0.4, 0.5) is 5.69 Å². The zero-order valence-electron chi connectivity index (χ0n) is 16.7. The SMILES string of the molecule is COc1cc(/C=N\NC(=O)COc2ccc(Cl)cc2)ccc1Oc1ccc([N+](=O)[O-])cn1. The van der Waals surface area contributed by atoms with Crippen molar-refractivity contribution in [1.29, 1.82) is 0 Å². The van der Waals surface area contributed by atoms with Crippen molar-refractivity contribution in [3.8, 4) is 23.1 Å². The standard InChI is InChI=1S/C21H17ClN4O6/c1-30-19-10-14(2-8-18(19)32-21-9-5-16(12-23-21)26(28)29)11-24-25-20(27)13-31-17-6-3-15(22)4-7-17/h2-12H,13H2,1H3,(H,25,27)/b24-11-. The molecule has 3 rings (SSSR count). The molecule has 32 heavy (non-hydrogen) atoms. The summed E-state index contributed by atoms with van der Waals surface area (Å²) in [6.07, 6.45) is 2.53. The number of amides is 1. The molecular weight excluding hydrogens is 440 g/mol. The minimum absolute atomic E-state index is 0.142. The number of hydrazone groups is 1. The smallest absolute Gasteiger partial charge is 0.287 e. The normalized spacial score (nSPS) is 10.6. The Morgan fingerprint density at radius 3 is 2.62 bits per heavy atom. The first-order valence-corrected chi connectivity index (χ1v) is 9.49. The van der Waals surface area contributed by atoms with Crippen molar-refractivity contribution in [3.63, 3.8) is 0 Å². The van der Waals surface area contributed by atoms with Gasteiger partial charge in [0.25, 0.3) is 11.6 Å². The van der Waals surface area contributed by atoms with Crippen LogP contribution in [-0.2, 0) is 4.79 Å². The molecule has 10 nitrogen and oxygen atoms in total. The predicted molar refractivity (Wildman–Crippen MR) is 117 cm³/mol. The molecule has 1 heterocycles. The van der Waals surface area contributed by atoms with E-state index in [4.69, 9.17) is 25.8 Å². The van der Waals surface area contributed by atoms with Crippen LogP contribution in [0.5, 0.6) is 23.1 Å². The van der Waals surface area contributed by atoms with Gasteiger partial charge in [-0.25, -0.2) is 10.4 Å².